The summed E-state index contributed by atoms with van der Waals surface area (Å²) in [5.74, 6) is 2.00. The molecule has 1 aromatic heterocycles. The molecule has 7 nitrogen and oxygen atoms in total. The van der Waals surface area contributed by atoms with Crippen LogP contribution >= 0.6 is 0 Å². The van der Waals surface area contributed by atoms with E-state index in [1.54, 1.807) is 36.4 Å². The molecule has 1 amide bonds. The lowest BCUT2D eigenvalue weighted by Gasteiger charge is -2.08. The van der Waals surface area contributed by atoms with E-state index in [0.717, 1.165) is 11.3 Å². The van der Waals surface area contributed by atoms with Crippen molar-refractivity contribution in [2.24, 2.45) is 0 Å². The van der Waals surface area contributed by atoms with E-state index in [0.29, 0.717) is 46.1 Å². The summed E-state index contributed by atoms with van der Waals surface area (Å²) in [4.78, 5) is 25.3. The van der Waals surface area contributed by atoms with Crippen molar-refractivity contribution in [1.29, 1.82) is 0 Å². The van der Waals surface area contributed by atoms with Crippen LogP contribution in [-0.4, -0.2) is 19.3 Å². The van der Waals surface area contributed by atoms with E-state index in [2.05, 4.69) is 5.32 Å². The van der Waals surface area contributed by atoms with Crippen LogP contribution in [0.1, 0.15) is 17.3 Å². The average molecular weight is 429 g/mol. The third-order valence-corrected chi connectivity index (χ3v) is 5.07. The van der Waals surface area contributed by atoms with Crippen LogP contribution in [0.5, 0.6) is 17.2 Å². The van der Waals surface area contributed by atoms with Gasteiger partial charge in [-0.05, 0) is 61.5 Å². The maximum absolute atomic E-state index is 12.7. The van der Waals surface area contributed by atoms with Gasteiger partial charge in [-0.1, -0.05) is 0 Å². The van der Waals surface area contributed by atoms with Gasteiger partial charge < -0.3 is 23.9 Å². The summed E-state index contributed by atoms with van der Waals surface area (Å²) in [6.07, 6.45) is 0. The second-order valence-corrected chi connectivity index (χ2v) is 7.17. The Labute approximate surface area is 183 Å². The zero-order valence-corrected chi connectivity index (χ0v) is 17.2. The Morgan fingerprint density at radius 1 is 0.969 bits per heavy atom. The summed E-state index contributed by atoms with van der Waals surface area (Å²) in [7, 11) is 0. The van der Waals surface area contributed by atoms with Gasteiger partial charge in [-0.25, -0.2) is 0 Å². The molecular formula is C25H19NO6. The van der Waals surface area contributed by atoms with Gasteiger partial charge in [-0.15, -0.1) is 0 Å². The molecule has 5 rings (SSSR count). The fourth-order valence-electron chi connectivity index (χ4n) is 3.50. The molecule has 0 atom stereocenters. The van der Waals surface area contributed by atoms with Crippen molar-refractivity contribution in [1.82, 2.24) is 0 Å². The quantitative estimate of drug-likeness (QED) is 0.489. The van der Waals surface area contributed by atoms with Gasteiger partial charge in [0.25, 0.3) is 5.91 Å². The summed E-state index contributed by atoms with van der Waals surface area (Å²) >= 11 is 0. The Balaban J connectivity index is 1.43. The molecule has 0 saturated carbocycles. The maximum Gasteiger partial charge on any atom is 0.255 e. The molecule has 2 heterocycles. The minimum atomic E-state index is -0.312. The first-order valence-corrected chi connectivity index (χ1v) is 10.1. The van der Waals surface area contributed by atoms with Gasteiger partial charge in [0.1, 0.15) is 17.1 Å². The van der Waals surface area contributed by atoms with Gasteiger partial charge in [0.15, 0.2) is 16.9 Å². The van der Waals surface area contributed by atoms with E-state index in [1.165, 1.54) is 6.07 Å². The summed E-state index contributed by atoms with van der Waals surface area (Å²) in [5.41, 5.74) is 1.90. The largest absolute Gasteiger partial charge is 0.494 e. The lowest BCUT2D eigenvalue weighted by Crippen LogP contribution is -2.12. The van der Waals surface area contributed by atoms with E-state index >= 15 is 0 Å². The number of anilines is 1. The summed E-state index contributed by atoms with van der Waals surface area (Å²) in [6, 6.07) is 18.7. The van der Waals surface area contributed by atoms with Crippen LogP contribution in [0.3, 0.4) is 0 Å². The number of nitrogens with one attached hydrogen (secondary N) is 1. The molecule has 160 valence electrons. The normalized spacial score (nSPS) is 12.0. The van der Waals surface area contributed by atoms with Crippen molar-refractivity contribution >= 4 is 22.6 Å². The maximum atomic E-state index is 12.7. The third kappa shape index (κ3) is 3.76. The van der Waals surface area contributed by atoms with E-state index < -0.39 is 0 Å². The molecule has 1 aliphatic rings. The highest BCUT2D eigenvalue weighted by molar-refractivity contribution is 6.05. The van der Waals surface area contributed by atoms with Gasteiger partial charge in [-0.2, -0.15) is 0 Å². The van der Waals surface area contributed by atoms with Crippen molar-refractivity contribution in [3.8, 4) is 28.6 Å². The number of carbonyl (C=O) groups is 1. The molecule has 0 aliphatic carbocycles. The molecule has 0 bridgehead atoms. The SMILES string of the molecule is CCOc1ccc(-c2cc(=O)c3ccc(NC(=O)c4ccc5c(c4)OCO5)cc3o2)cc1. The zero-order valence-electron chi connectivity index (χ0n) is 17.2. The molecule has 0 fully saturated rings. The molecule has 0 radical (unpaired) electrons. The topological polar surface area (TPSA) is 87.0 Å². The Morgan fingerprint density at radius 3 is 2.59 bits per heavy atom. The first-order valence-electron chi connectivity index (χ1n) is 10.1. The van der Waals surface area contributed by atoms with Crippen LogP contribution in [0.2, 0.25) is 0 Å². The van der Waals surface area contributed by atoms with E-state index in [4.69, 9.17) is 18.6 Å². The van der Waals surface area contributed by atoms with Crippen LogP contribution in [0.15, 0.2) is 75.9 Å². The fraction of sp³-hybridized carbons (Fsp3) is 0.120. The Kier molecular flexibility index (Phi) is 4.99. The molecule has 32 heavy (non-hydrogen) atoms. The van der Waals surface area contributed by atoms with Gasteiger partial charge in [-0.3, -0.25) is 9.59 Å². The molecule has 7 heteroatoms. The van der Waals surface area contributed by atoms with Crippen molar-refractivity contribution in [3.63, 3.8) is 0 Å². The Bertz CT molecular complexity index is 1370. The predicted molar refractivity (Wildman–Crippen MR) is 120 cm³/mol. The van der Waals surface area contributed by atoms with Crippen LogP contribution in [0.25, 0.3) is 22.3 Å². The molecule has 4 aromatic rings. The van der Waals surface area contributed by atoms with Gasteiger partial charge in [0.05, 0.1) is 12.0 Å². The van der Waals surface area contributed by atoms with Crippen LogP contribution in [0, 0.1) is 0 Å². The van der Waals surface area contributed by atoms with Crippen LogP contribution in [-0.2, 0) is 0 Å². The lowest BCUT2D eigenvalue weighted by atomic mass is 10.1. The molecule has 0 unspecified atom stereocenters. The minimum Gasteiger partial charge on any atom is -0.494 e. The lowest BCUT2D eigenvalue weighted by molar-refractivity contribution is 0.102. The van der Waals surface area contributed by atoms with E-state index in [-0.39, 0.29) is 18.1 Å². The number of carbonyl (C=O) groups excluding carboxylic acids is 1. The first kappa shape index (κ1) is 19.7. The predicted octanol–water partition coefficient (Wildman–Crippen LogP) is 4.84. The number of hydrogen-bond donors (Lipinski definition) is 1. The second kappa shape index (κ2) is 8.11. The molecular weight excluding hydrogens is 410 g/mol. The van der Waals surface area contributed by atoms with Crippen molar-refractivity contribution < 1.29 is 23.4 Å². The summed E-state index contributed by atoms with van der Waals surface area (Å²) in [5, 5.41) is 3.26. The zero-order chi connectivity index (χ0) is 22.1. The van der Waals surface area contributed by atoms with Crippen molar-refractivity contribution in [3.05, 3.63) is 82.5 Å². The number of hydrogen-bond acceptors (Lipinski definition) is 6. The highest BCUT2D eigenvalue weighted by Crippen LogP contribution is 2.33. The minimum absolute atomic E-state index is 0.140. The van der Waals surface area contributed by atoms with E-state index in [9.17, 15) is 9.59 Å². The van der Waals surface area contributed by atoms with Gasteiger partial charge in [0, 0.05) is 28.9 Å². The van der Waals surface area contributed by atoms with Gasteiger partial charge >= 0.3 is 0 Å². The highest BCUT2D eigenvalue weighted by Gasteiger charge is 2.17. The molecule has 1 aliphatic heterocycles. The molecule has 0 spiro atoms. The summed E-state index contributed by atoms with van der Waals surface area (Å²) in [6.45, 7) is 2.63. The van der Waals surface area contributed by atoms with Crippen molar-refractivity contribution in [2.45, 2.75) is 6.92 Å². The highest BCUT2D eigenvalue weighted by atomic mass is 16.7. The number of rotatable bonds is 5. The first-order chi connectivity index (χ1) is 15.6. The monoisotopic (exact) mass is 429 g/mol. The average Bonchev–Trinajstić information content (AvgIpc) is 3.27. The Hall–Kier alpha value is -4.26. The standard InChI is InChI=1S/C25H19NO6/c1-2-29-18-7-3-15(4-8-18)22-13-20(27)19-9-6-17(12-23(19)32-22)26-25(28)16-5-10-21-24(11-16)31-14-30-21/h3-13H,2,14H2,1H3,(H,26,28). The molecule has 3 aromatic carbocycles. The third-order valence-electron chi connectivity index (χ3n) is 5.07. The van der Waals surface area contributed by atoms with Crippen LogP contribution in [0.4, 0.5) is 5.69 Å². The number of fused-ring (bicyclic) bond motifs is 2. The van der Waals surface area contributed by atoms with Crippen molar-refractivity contribution in [2.75, 3.05) is 18.7 Å². The van der Waals surface area contributed by atoms with E-state index in [1.807, 2.05) is 31.2 Å². The fourth-order valence-corrected chi connectivity index (χ4v) is 3.50. The van der Waals surface area contributed by atoms with Crippen LogP contribution < -0.4 is 25.0 Å². The Morgan fingerprint density at radius 2 is 1.78 bits per heavy atom. The molecule has 1 N–H and O–H groups in total. The second-order valence-electron chi connectivity index (χ2n) is 7.17. The van der Waals surface area contributed by atoms with Gasteiger partial charge in [0.2, 0.25) is 6.79 Å². The number of benzene rings is 3. The number of amides is 1. The smallest absolute Gasteiger partial charge is 0.255 e. The number of ether oxygens (including phenoxy) is 3. The summed E-state index contributed by atoms with van der Waals surface area (Å²) < 4.78 is 22.0. The molecule has 0 saturated heterocycles.